The first-order chi connectivity index (χ1) is 14.7. The zero-order chi connectivity index (χ0) is 20.9. The standard InChI is InChI=1S/C23H27NO6/c1-2-27-23(26)24(13-16-9-5-3-6-10-16)19-20(25)21(18-15-29-22(19)30-18)28-14-17-11-7-4-8-12-17/h3-12,18-22,25H,2,13-15H2,1H3/t18-,19-,20-,21-,22-/m1/s1. The Balaban J connectivity index is 1.55. The summed E-state index contributed by atoms with van der Waals surface area (Å²) in [5.41, 5.74) is 1.91. The van der Waals surface area contributed by atoms with E-state index < -0.39 is 30.6 Å². The Morgan fingerprint density at radius 1 is 1.10 bits per heavy atom. The number of ether oxygens (including phenoxy) is 4. The largest absolute Gasteiger partial charge is 0.450 e. The van der Waals surface area contributed by atoms with Gasteiger partial charge in [-0.25, -0.2) is 4.79 Å². The lowest BCUT2D eigenvalue weighted by Gasteiger charge is -2.43. The predicted molar refractivity (Wildman–Crippen MR) is 108 cm³/mol. The fourth-order valence-electron chi connectivity index (χ4n) is 3.95. The lowest BCUT2D eigenvalue weighted by molar-refractivity contribution is -0.221. The van der Waals surface area contributed by atoms with E-state index in [4.69, 9.17) is 18.9 Å². The van der Waals surface area contributed by atoms with E-state index in [1.807, 2.05) is 60.7 Å². The van der Waals surface area contributed by atoms with Crippen molar-refractivity contribution >= 4 is 6.09 Å². The second-order valence-electron chi connectivity index (χ2n) is 7.43. The van der Waals surface area contributed by atoms with E-state index in [1.165, 1.54) is 4.90 Å². The van der Waals surface area contributed by atoms with Crippen LogP contribution in [0.1, 0.15) is 18.1 Å². The highest BCUT2D eigenvalue weighted by molar-refractivity contribution is 5.68. The Morgan fingerprint density at radius 3 is 2.43 bits per heavy atom. The number of aliphatic hydroxyl groups is 1. The first kappa shape index (κ1) is 20.8. The number of benzene rings is 2. The van der Waals surface area contributed by atoms with E-state index in [1.54, 1.807) is 6.92 Å². The summed E-state index contributed by atoms with van der Waals surface area (Å²) in [7, 11) is 0. The molecule has 1 amide bonds. The molecular formula is C23H27NO6. The molecule has 2 aromatic rings. The van der Waals surface area contributed by atoms with E-state index in [0.717, 1.165) is 11.1 Å². The minimum Gasteiger partial charge on any atom is -0.450 e. The summed E-state index contributed by atoms with van der Waals surface area (Å²) in [5.74, 6) is 0. The van der Waals surface area contributed by atoms with Crippen LogP contribution in [0, 0.1) is 0 Å². The summed E-state index contributed by atoms with van der Waals surface area (Å²) in [5, 5.41) is 11.2. The van der Waals surface area contributed by atoms with Gasteiger partial charge in [0.25, 0.3) is 0 Å². The van der Waals surface area contributed by atoms with Gasteiger partial charge in [-0.1, -0.05) is 60.7 Å². The molecule has 5 atom stereocenters. The molecule has 2 aliphatic heterocycles. The third kappa shape index (κ3) is 4.49. The average Bonchev–Trinajstić information content (AvgIpc) is 3.19. The highest BCUT2D eigenvalue weighted by atomic mass is 16.7. The number of carbonyl (C=O) groups excluding carboxylic acids is 1. The molecule has 0 unspecified atom stereocenters. The van der Waals surface area contributed by atoms with Crippen molar-refractivity contribution in [3.8, 4) is 0 Å². The molecule has 2 heterocycles. The maximum absolute atomic E-state index is 12.8. The van der Waals surface area contributed by atoms with Crippen molar-refractivity contribution in [1.29, 1.82) is 0 Å². The van der Waals surface area contributed by atoms with Gasteiger partial charge < -0.3 is 24.1 Å². The summed E-state index contributed by atoms with van der Waals surface area (Å²) in [6.07, 6.45) is -3.24. The van der Waals surface area contributed by atoms with Gasteiger partial charge in [-0.3, -0.25) is 4.90 Å². The van der Waals surface area contributed by atoms with Crippen molar-refractivity contribution in [2.75, 3.05) is 13.2 Å². The van der Waals surface area contributed by atoms with Gasteiger partial charge in [-0.05, 0) is 18.1 Å². The first-order valence-corrected chi connectivity index (χ1v) is 10.3. The monoisotopic (exact) mass is 413 g/mol. The van der Waals surface area contributed by atoms with Crippen molar-refractivity contribution < 1.29 is 28.8 Å². The molecule has 2 aliphatic rings. The molecule has 30 heavy (non-hydrogen) atoms. The number of carbonyl (C=O) groups is 1. The van der Waals surface area contributed by atoms with Gasteiger partial charge in [0.2, 0.25) is 0 Å². The molecule has 4 rings (SSSR count). The van der Waals surface area contributed by atoms with Crippen LogP contribution in [-0.4, -0.2) is 60.0 Å². The Labute approximate surface area is 176 Å². The van der Waals surface area contributed by atoms with Gasteiger partial charge in [-0.2, -0.15) is 0 Å². The summed E-state index contributed by atoms with van der Waals surface area (Å²) in [4.78, 5) is 14.3. The Morgan fingerprint density at radius 2 is 1.77 bits per heavy atom. The molecule has 0 saturated carbocycles. The minimum atomic E-state index is -0.979. The van der Waals surface area contributed by atoms with Crippen LogP contribution in [0.2, 0.25) is 0 Å². The maximum Gasteiger partial charge on any atom is 0.410 e. The van der Waals surface area contributed by atoms with Crippen LogP contribution in [-0.2, 0) is 32.1 Å². The van der Waals surface area contributed by atoms with E-state index in [9.17, 15) is 9.90 Å². The summed E-state index contributed by atoms with van der Waals surface area (Å²) < 4.78 is 23.1. The molecule has 2 bridgehead atoms. The van der Waals surface area contributed by atoms with Crippen molar-refractivity contribution in [3.63, 3.8) is 0 Å². The molecule has 7 heteroatoms. The van der Waals surface area contributed by atoms with E-state index >= 15 is 0 Å². The second-order valence-corrected chi connectivity index (χ2v) is 7.43. The molecule has 2 saturated heterocycles. The summed E-state index contributed by atoms with van der Waals surface area (Å²) >= 11 is 0. The lowest BCUT2D eigenvalue weighted by Crippen LogP contribution is -2.62. The molecule has 1 N–H and O–H groups in total. The minimum absolute atomic E-state index is 0.232. The predicted octanol–water partition coefficient (Wildman–Crippen LogP) is 2.72. The van der Waals surface area contributed by atoms with E-state index in [-0.39, 0.29) is 19.3 Å². The van der Waals surface area contributed by atoms with Crippen LogP contribution in [0.4, 0.5) is 4.79 Å². The second kappa shape index (κ2) is 9.57. The normalized spacial score (nSPS) is 27.6. The number of rotatable bonds is 7. The highest BCUT2D eigenvalue weighted by Crippen LogP contribution is 2.34. The average molecular weight is 413 g/mol. The van der Waals surface area contributed by atoms with Gasteiger partial charge in [-0.15, -0.1) is 0 Å². The molecule has 0 radical (unpaired) electrons. The Hall–Kier alpha value is -2.45. The number of aliphatic hydroxyl groups excluding tert-OH is 1. The smallest absolute Gasteiger partial charge is 0.410 e. The number of nitrogens with zero attached hydrogens (tertiary/aromatic N) is 1. The van der Waals surface area contributed by atoms with Gasteiger partial charge in [0.1, 0.15) is 24.4 Å². The number of fused-ring (bicyclic) bond motifs is 2. The van der Waals surface area contributed by atoms with Crippen molar-refractivity contribution in [3.05, 3.63) is 71.8 Å². The van der Waals surface area contributed by atoms with E-state index in [2.05, 4.69) is 0 Å². The van der Waals surface area contributed by atoms with Crippen molar-refractivity contribution in [2.45, 2.75) is 50.7 Å². The molecular weight excluding hydrogens is 386 g/mol. The zero-order valence-corrected chi connectivity index (χ0v) is 16.9. The molecule has 7 nitrogen and oxygen atoms in total. The molecule has 0 aromatic heterocycles. The SMILES string of the molecule is CCOC(=O)N(Cc1ccccc1)[C@H]1[C@@H]2OC[C@@H](O2)[C@@H](OCc2ccccc2)[C@@H]1O. The van der Waals surface area contributed by atoms with Gasteiger partial charge >= 0.3 is 6.09 Å². The summed E-state index contributed by atoms with van der Waals surface area (Å²) in [6, 6.07) is 18.5. The van der Waals surface area contributed by atoms with Gasteiger partial charge in [0.05, 0.1) is 19.8 Å². The number of amides is 1. The molecule has 160 valence electrons. The lowest BCUT2D eigenvalue weighted by atomic mass is 9.96. The van der Waals surface area contributed by atoms with Gasteiger partial charge in [0, 0.05) is 6.54 Å². The van der Waals surface area contributed by atoms with Crippen LogP contribution in [0.25, 0.3) is 0 Å². The topological polar surface area (TPSA) is 77.5 Å². The molecule has 2 fully saturated rings. The number of hydrogen-bond acceptors (Lipinski definition) is 6. The third-order valence-electron chi connectivity index (χ3n) is 5.41. The quantitative estimate of drug-likeness (QED) is 0.752. The molecule has 2 aromatic carbocycles. The Kier molecular flexibility index (Phi) is 6.64. The van der Waals surface area contributed by atoms with Crippen LogP contribution in [0.3, 0.4) is 0 Å². The van der Waals surface area contributed by atoms with Crippen LogP contribution in [0.5, 0.6) is 0 Å². The maximum atomic E-state index is 12.8. The van der Waals surface area contributed by atoms with Crippen LogP contribution in [0.15, 0.2) is 60.7 Å². The molecule has 0 aliphatic carbocycles. The highest BCUT2D eigenvalue weighted by Gasteiger charge is 2.54. The van der Waals surface area contributed by atoms with Crippen LogP contribution < -0.4 is 0 Å². The van der Waals surface area contributed by atoms with Crippen molar-refractivity contribution in [2.24, 2.45) is 0 Å². The van der Waals surface area contributed by atoms with Crippen molar-refractivity contribution in [1.82, 2.24) is 4.90 Å². The third-order valence-corrected chi connectivity index (χ3v) is 5.41. The first-order valence-electron chi connectivity index (χ1n) is 10.3. The fourth-order valence-corrected chi connectivity index (χ4v) is 3.95. The van der Waals surface area contributed by atoms with Crippen LogP contribution >= 0.6 is 0 Å². The Bertz CT molecular complexity index is 817. The molecule has 0 spiro atoms. The zero-order valence-electron chi connectivity index (χ0n) is 16.9. The fraction of sp³-hybridized carbons (Fsp3) is 0.435. The van der Waals surface area contributed by atoms with E-state index in [0.29, 0.717) is 13.2 Å². The number of hydrogen-bond donors (Lipinski definition) is 1. The summed E-state index contributed by atoms with van der Waals surface area (Å²) in [6.45, 7) is 2.88. The van der Waals surface area contributed by atoms with Gasteiger partial charge in [0.15, 0.2) is 6.29 Å².